The third kappa shape index (κ3) is 1.26. The molecule has 0 aromatic heterocycles. The lowest BCUT2D eigenvalue weighted by molar-refractivity contribution is 1.28. The summed E-state index contributed by atoms with van der Waals surface area (Å²) in [5.74, 6) is 0. The van der Waals surface area contributed by atoms with Gasteiger partial charge in [0.25, 0.3) is 0 Å². The monoisotopic (exact) mass is 254 g/mol. The van der Waals surface area contributed by atoms with Crippen molar-refractivity contribution >= 4 is 16.8 Å². The van der Waals surface area contributed by atoms with Crippen LogP contribution in [0.5, 0.6) is 0 Å². The highest BCUT2D eigenvalue weighted by Gasteiger charge is 2.20. The van der Waals surface area contributed by atoms with Gasteiger partial charge in [0.05, 0.1) is 0 Å². The van der Waals surface area contributed by atoms with Gasteiger partial charge in [0.1, 0.15) is 0 Å². The average molecular weight is 254 g/mol. The van der Waals surface area contributed by atoms with Crippen molar-refractivity contribution in [3.05, 3.63) is 76.9 Å². The highest BCUT2D eigenvalue weighted by molar-refractivity contribution is 5.97. The Morgan fingerprint density at radius 1 is 0.800 bits per heavy atom. The highest BCUT2D eigenvalue weighted by Crippen LogP contribution is 2.41. The second-order valence-electron chi connectivity index (χ2n) is 5.80. The summed E-state index contributed by atoms with van der Waals surface area (Å²) in [5, 5.41) is 2.82. The van der Waals surface area contributed by atoms with Crippen molar-refractivity contribution in [3.63, 3.8) is 0 Å². The molecule has 20 heavy (non-hydrogen) atoms. The third-order valence-corrected chi connectivity index (χ3v) is 4.70. The molecule has 0 nitrogen and oxygen atoms in total. The predicted octanol–water partition coefficient (Wildman–Crippen LogP) is 4.98. The summed E-state index contributed by atoms with van der Waals surface area (Å²) < 4.78 is 0. The molecule has 2 aliphatic rings. The summed E-state index contributed by atoms with van der Waals surface area (Å²) >= 11 is 0. The summed E-state index contributed by atoms with van der Waals surface area (Å²) in [6.45, 7) is 0. The van der Waals surface area contributed by atoms with Crippen molar-refractivity contribution in [2.75, 3.05) is 0 Å². The number of hydrogen-bond donors (Lipinski definition) is 0. The van der Waals surface area contributed by atoms with E-state index in [2.05, 4.69) is 60.7 Å². The van der Waals surface area contributed by atoms with Gasteiger partial charge in [-0.25, -0.2) is 0 Å². The SMILES string of the molecule is C1=Cc2cc3c4c(ccc3cc2C1)-c1ccccc1C4. The fourth-order valence-corrected chi connectivity index (χ4v) is 3.71. The number of hydrogen-bond acceptors (Lipinski definition) is 0. The Balaban J connectivity index is 1.86. The quantitative estimate of drug-likeness (QED) is 0.415. The normalized spacial score (nSPS) is 14.4. The summed E-state index contributed by atoms with van der Waals surface area (Å²) in [6.07, 6.45) is 6.68. The first-order valence-corrected chi connectivity index (χ1v) is 7.23. The van der Waals surface area contributed by atoms with Crippen molar-refractivity contribution in [2.24, 2.45) is 0 Å². The van der Waals surface area contributed by atoms with Crippen LogP contribution in [0.15, 0.2) is 54.6 Å². The van der Waals surface area contributed by atoms with Crippen LogP contribution in [-0.4, -0.2) is 0 Å². The van der Waals surface area contributed by atoms with Crippen molar-refractivity contribution in [1.29, 1.82) is 0 Å². The van der Waals surface area contributed by atoms with Gasteiger partial charge in [-0.3, -0.25) is 0 Å². The minimum absolute atomic E-state index is 1.07. The van der Waals surface area contributed by atoms with Gasteiger partial charge in [0.15, 0.2) is 0 Å². The Kier molecular flexibility index (Phi) is 1.88. The molecule has 0 atom stereocenters. The molecule has 2 aliphatic carbocycles. The Labute approximate surface area is 118 Å². The van der Waals surface area contributed by atoms with Crippen LogP contribution in [0.4, 0.5) is 0 Å². The molecule has 0 radical (unpaired) electrons. The van der Waals surface area contributed by atoms with E-state index in [1.165, 1.54) is 44.2 Å². The van der Waals surface area contributed by atoms with E-state index in [9.17, 15) is 0 Å². The molecule has 94 valence electrons. The fourth-order valence-electron chi connectivity index (χ4n) is 3.71. The van der Waals surface area contributed by atoms with Crippen LogP contribution >= 0.6 is 0 Å². The first-order chi connectivity index (χ1) is 9.90. The lowest BCUT2D eigenvalue weighted by atomic mass is 9.95. The molecule has 0 heterocycles. The molecule has 0 saturated heterocycles. The maximum absolute atomic E-state index is 2.39. The van der Waals surface area contributed by atoms with E-state index in [-0.39, 0.29) is 0 Å². The van der Waals surface area contributed by atoms with E-state index < -0.39 is 0 Å². The van der Waals surface area contributed by atoms with Gasteiger partial charge in [-0.2, -0.15) is 0 Å². The Morgan fingerprint density at radius 3 is 2.75 bits per heavy atom. The van der Waals surface area contributed by atoms with Crippen molar-refractivity contribution in [1.82, 2.24) is 0 Å². The maximum atomic E-state index is 2.39. The van der Waals surface area contributed by atoms with Crippen molar-refractivity contribution in [3.8, 4) is 11.1 Å². The molecular formula is C20H14. The van der Waals surface area contributed by atoms with E-state index in [0.717, 1.165) is 12.8 Å². The lowest BCUT2D eigenvalue weighted by Crippen LogP contribution is -1.88. The van der Waals surface area contributed by atoms with Gasteiger partial charge in [-0.05, 0) is 63.1 Å². The number of benzene rings is 3. The fraction of sp³-hybridized carbons (Fsp3) is 0.100. The molecule has 0 N–H and O–H groups in total. The van der Waals surface area contributed by atoms with E-state index >= 15 is 0 Å². The van der Waals surface area contributed by atoms with Crippen LogP contribution in [0.25, 0.3) is 28.0 Å². The third-order valence-electron chi connectivity index (χ3n) is 4.70. The van der Waals surface area contributed by atoms with Crippen LogP contribution in [0.3, 0.4) is 0 Å². The predicted molar refractivity (Wildman–Crippen MR) is 84.9 cm³/mol. The summed E-state index contributed by atoms with van der Waals surface area (Å²) in [4.78, 5) is 0. The zero-order valence-electron chi connectivity index (χ0n) is 11.2. The molecule has 0 heteroatoms. The zero-order valence-corrected chi connectivity index (χ0v) is 11.2. The summed E-state index contributed by atoms with van der Waals surface area (Å²) in [5.41, 5.74) is 8.68. The zero-order chi connectivity index (χ0) is 13.1. The van der Waals surface area contributed by atoms with Gasteiger partial charge < -0.3 is 0 Å². The molecular weight excluding hydrogens is 240 g/mol. The smallest absolute Gasteiger partial charge is 0.000728 e. The van der Waals surface area contributed by atoms with Crippen LogP contribution in [0.1, 0.15) is 22.3 Å². The van der Waals surface area contributed by atoms with Gasteiger partial charge in [-0.15, -0.1) is 0 Å². The molecule has 0 saturated carbocycles. The standard InChI is InChI=1S/C20H14/c1-2-7-17-15(4-1)12-20-18(17)9-8-16-10-13-5-3-6-14(13)11-19(16)20/h1-4,6-11H,5,12H2. The van der Waals surface area contributed by atoms with E-state index in [1.807, 2.05) is 0 Å². The van der Waals surface area contributed by atoms with Crippen molar-refractivity contribution in [2.45, 2.75) is 12.8 Å². The highest BCUT2D eigenvalue weighted by atomic mass is 14.2. The van der Waals surface area contributed by atoms with Crippen LogP contribution in [-0.2, 0) is 12.8 Å². The summed E-state index contributed by atoms with van der Waals surface area (Å²) in [6, 6.07) is 18.1. The Morgan fingerprint density at radius 2 is 1.75 bits per heavy atom. The van der Waals surface area contributed by atoms with Gasteiger partial charge in [0, 0.05) is 0 Å². The van der Waals surface area contributed by atoms with Crippen LogP contribution in [0, 0.1) is 0 Å². The van der Waals surface area contributed by atoms with Gasteiger partial charge in [0.2, 0.25) is 0 Å². The largest absolute Gasteiger partial charge is 0.0795 e. The second-order valence-corrected chi connectivity index (χ2v) is 5.80. The molecule has 0 unspecified atom stereocenters. The molecule has 3 aromatic rings. The first kappa shape index (κ1) is 10.4. The van der Waals surface area contributed by atoms with Crippen molar-refractivity contribution < 1.29 is 0 Å². The first-order valence-electron chi connectivity index (χ1n) is 7.23. The van der Waals surface area contributed by atoms with Crippen LogP contribution < -0.4 is 0 Å². The van der Waals surface area contributed by atoms with E-state index in [1.54, 1.807) is 0 Å². The number of rotatable bonds is 0. The molecule has 0 amide bonds. The van der Waals surface area contributed by atoms with E-state index in [0.29, 0.717) is 0 Å². The molecule has 0 aliphatic heterocycles. The minimum Gasteiger partial charge on any atom is -0.0795 e. The molecule has 5 rings (SSSR count). The lowest BCUT2D eigenvalue weighted by Gasteiger charge is -2.08. The average Bonchev–Trinajstić information content (AvgIpc) is 3.08. The van der Waals surface area contributed by atoms with Gasteiger partial charge in [-0.1, -0.05) is 54.6 Å². The molecule has 3 aromatic carbocycles. The Hall–Kier alpha value is -2.34. The molecule has 0 fully saturated rings. The second kappa shape index (κ2) is 3.61. The van der Waals surface area contributed by atoms with Crippen LogP contribution in [0.2, 0.25) is 0 Å². The molecule has 0 spiro atoms. The Bertz CT molecular complexity index is 897. The van der Waals surface area contributed by atoms with Gasteiger partial charge >= 0.3 is 0 Å². The minimum atomic E-state index is 1.07. The summed E-state index contributed by atoms with van der Waals surface area (Å²) in [7, 11) is 0. The molecule has 0 bridgehead atoms. The van der Waals surface area contributed by atoms with E-state index in [4.69, 9.17) is 0 Å². The number of fused-ring (bicyclic) bond motifs is 6. The topological polar surface area (TPSA) is 0 Å². The maximum Gasteiger partial charge on any atom is -0.000728 e. The number of allylic oxidation sites excluding steroid dienone is 1.